The van der Waals surface area contributed by atoms with Gasteiger partial charge in [-0.15, -0.1) is 0 Å². The van der Waals surface area contributed by atoms with E-state index in [1.807, 2.05) is 42.5 Å². The van der Waals surface area contributed by atoms with Crippen LogP contribution in [0.15, 0.2) is 52.3 Å². The first-order chi connectivity index (χ1) is 7.65. The van der Waals surface area contributed by atoms with Crippen molar-refractivity contribution in [2.45, 2.75) is 9.79 Å². The lowest BCUT2D eigenvalue weighted by Crippen LogP contribution is -1.79. The lowest BCUT2D eigenvalue weighted by atomic mass is 10.4. The molecule has 0 saturated carbocycles. The van der Waals surface area contributed by atoms with Crippen LogP contribution in [0.1, 0.15) is 0 Å². The van der Waals surface area contributed by atoms with Crippen molar-refractivity contribution < 1.29 is 0 Å². The molecule has 16 heavy (non-hydrogen) atoms. The fourth-order valence-electron chi connectivity index (χ4n) is 1.19. The third-order valence-corrected chi connectivity index (χ3v) is 4.76. The van der Waals surface area contributed by atoms with E-state index in [4.69, 9.17) is 23.2 Å². The molecule has 0 atom stereocenters. The minimum absolute atomic E-state index is 0.759. The number of hydrogen-bond acceptors (Lipinski definition) is 1. The Kier molecular flexibility index (Phi) is 4.41. The van der Waals surface area contributed by atoms with Gasteiger partial charge in [0.1, 0.15) is 0 Å². The van der Waals surface area contributed by atoms with Gasteiger partial charge in [0.2, 0.25) is 0 Å². The monoisotopic (exact) mass is 380 g/mol. The van der Waals surface area contributed by atoms with Gasteiger partial charge in [-0.1, -0.05) is 35.0 Å². The van der Waals surface area contributed by atoms with Crippen LogP contribution >= 0.6 is 57.6 Å². The Morgan fingerprint density at radius 1 is 0.875 bits per heavy atom. The molecule has 0 unspecified atom stereocenters. The van der Waals surface area contributed by atoms with Gasteiger partial charge >= 0.3 is 0 Å². The van der Waals surface area contributed by atoms with Crippen molar-refractivity contribution in [3.8, 4) is 0 Å². The van der Waals surface area contributed by atoms with E-state index in [1.54, 1.807) is 11.8 Å². The summed E-state index contributed by atoms with van der Waals surface area (Å²) in [6.45, 7) is 0. The summed E-state index contributed by atoms with van der Waals surface area (Å²) in [5.41, 5.74) is 0. The van der Waals surface area contributed by atoms with E-state index in [0.717, 1.165) is 13.6 Å². The fraction of sp³-hybridized carbons (Fsp3) is 0. The molecule has 0 fully saturated rings. The molecule has 0 saturated heterocycles. The van der Waals surface area contributed by atoms with Crippen molar-refractivity contribution in [2.75, 3.05) is 0 Å². The van der Waals surface area contributed by atoms with Crippen LogP contribution in [0, 0.1) is 3.57 Å². The van der Waals surface area contributed by atoms with Crippen molar-refractivity contribution in [1.82, 2.24) is 0 Å². The highest BCUT2D eigenvalue weighted by Gasteiger charge is 2.03. The zero-order valence-corrected chi connectivity index (χ0v) is 12.6. The second-order valence-corrected chi connectivity index (χ2v) is 6.28. The van der Waals surface area contributed by atoms with Crippen molar-refractivity contribution in [2.24, 2.45) is 0 Å². The standard InChI is InChI=1S/C12H7Cl2IS/c13-8-1-4-10(5-2-8)16-12-6-3-9(14)7-11(12)15/h1-7H. The van der Waals surface area contributed by atoms with Crippen LogP contribution in [0.25, 0.3) is 0 Å². The summed E-state index contributed by atoms with van der Waals surface area (Å²) >= 11 is 15.7. The van der Waals surface area contributed by atoms with Gasteiger partial charge in [0.15, 0.2) is 0 Å². The van der Waals surface area contributed by atoms with E-state index in [2.05, 4.69) is 22.6 Å². The van der Waals surface area contributed by atoms with Gasteiger partial charge in [0.25, 0.3) is 0 Å². The topological polar surface area (TPSA) is 0 Å². The zero-order chi connectivity index (χ0) is 11.5. The van der Waals surface area contributed by atoms with Crippen molar-refractivity contribution in [3.05, 3.63) is 56.1 Å². The summed E-state index contributed by atoms with van der Waals surface area (Å²) in [4.78, 5) is 2.37. The summed E-state index contributed by atoms with van der Waals surface area (Å²) < 4.78 is 1.16. The Bertz CT molecular complexity index is 497. The molecule has 2 aromatic carbocycles. The Hall–Kier alpha value is 0.1000. The van der Waals surface area contributed by atoms with Crippen LogP contribution in [-0.4, -0.2) is 0 Å². The van der Waals surface area contributed by atoms with Gasteiger partial charge in [-0.3, -0.25) is 0 Å². The molecule has 2 rings (SSSR count). The van der Waals surface area contributed by atoms with E-state index >= 15 is 0 Å². The van der Waals surface area contributed by atoms with Crippen LogP contribution < -0.4 is 0 Å². The van der Waals surface area contributed by atoms with Gasteiger partial charge in [-0.05, 0) is 65.1 Å². The molecule has 82 valence electrons. The van der Waals surface area contributed by atoms with E-state index < -0.39 is 0 Å². The smallest absolute Gasteiger partial charge is 0.0417 e. The molecule has 0 heterocycles. The SMILES string of the molecule is Clc1ccc(Sc2ccc(Cl)cc2I)cc1. The summed E-state index contributed by atoms with van der Waals surface area (Å²) in [5.74, 6) is 0. The molecule has 2 aromatic rings. The molecule has 0 bridgehead atoms. The van der Waals surface area contributed by atoms with Crippen LogP contribution in [0.3, 0.4) is 0 Å². The van der Waals surface area contributed by atoms with E-state index in [-0.39, 0.29) is 0 Å². The van der Waals surface area contributed by atoms with Crippen LogP contribution in [0.4, 0.5) is 0 Å². The average molecular weight is 381 g/mol. The lowest BCUT2D eigenvalue weighted by molar-refractivity contribution is 1.37. The summed E-state index contributed by atoms with van der Waals surface area (Å²) in [6.07, 6.45) is 0. The normalized spacial score (nSPS) is 10.4. The highest BCUT2D eigenvalue weighted by atomic mass is 127. The van der Waals surface area contributed by atoms with Gasteiger partial charge in [0, 0.05) is 23.4 Å². The van der Waals surface area contributed by atoms with Crippen LogP contribution in [0.2, 0.25) is 10.0 Å². The number of halogens is 3. The second-order valence-electron chi connectivity index (χ2n) is 3.13. The summed E-state index contributed by atoms with van der Waals surface area (Å²) in [7, 11) is 0. The Labute approximate surface area is 122 Å². The first-order valence-electron chi connectivity index (χ1n) is 4.53. The number of benzene rings is 2. The van der Waals surface area contributed by atoms with Crippen molar-refractivity contribution in [1.29, 1.82) is 0 Å². The van der Waals surface area contributed by atoms with Gasteiger partial charge in [-0.25, -0.2) is 0 Å². The molecule has 0 aliphatic heterocycles. The fourth-order valence-corrected chi connectivity index (χ4v) is 3.33. The van der Waals surface area contributed by atoms with E-state index in [0.29, 0.717) is 0 Å². The Balaban J connectivity index is 2.23. The van der Waals surface area contributed by atoms with Crippen LogP contribution in [0.5, 0.6) is 0 Å². The molecule has 0 aliphatic carbocycles. The minimum Gasteiger partial charge on any atom is -0.0890 e. The predicted molar refractivity (Wildman–Crippen MR) is 79.7 cm³/mol. The van der Waals surface area contributed by atoms with Crippen molar-refractivity contribution in [3.63, 3.8) is 0 Å². The van der Waals surface area contributed by atoms with Crippen molar-refractivity contribution >= 4 is 57.6 Å². The second kappa shape index (κ2) is 5.63. The maximum Gasteiger partial charge on any atom is 0.0417 e. The molecular weight excluding hydrogens is 374 g/mol. The minimum atomic E-state index is 0.759. The summed E-state index contributed by atoms with van der Waals surface area (Å²) in [6, 6.07) is 13.7. The van der Waals surface area contributed by atoms with E-state index in [9.17, 15) is 0 Å². The molecule has 0 spiro atoms. The first kappa shape index (κ1) is 12.6. The Morgan fingerprint density at radius 3 is 2.12 bits per heavy atom. The number of rotatable bonds is 2. The molecule has 0 aromatic heterocycles. The molecule has 0 aliphatic rings. The average Bonchev–Trinajstić information content (AvgIpc) is 2.25. The molecule has 0 nitrogen and oxygen atoms in total. The molecular formula is C12H7Cl2IS. The molecule has 0 N–H and O–H groups in total. The third kappa shape index (κ3) is 3.29. The lowest BCUT2D eigenvalue weighted by Gasteiger charge is -2.04. The van der Waals surface area contributed by atoms with Crippen LogP contribution in [-0.2, 0) is 0 Å². The highest BCUT2D eigenvalue weighted by molar-refractivity contribution is 14.1. The predicted octanol–water partition coefficient (Wildman–Crippen LogP) is 5.75. The van der Waals surface area contributed by atoms with Gasteiger partial charge in [-0.2, -0.15) is 0 Å². The third-order valence-electron chi connectivity index (χ3n) is 1.94. The largest absolute Gasteiger partial charge is 0.0890 e. The highest BCUT2D eigenvalue weighted by Crippen LogP contribution is 2.33. The maximum absolute atomic E-state index is 5.91. The summed E-state index contributed by atoms with van der Waals surface area (Å²) in [5, 5.41) is 1.53. The van der Waals surface area contributed by atoms with E-state index in [1.165, 1.54) is 9.79 Å². The first-order valence-corrected chi connectivity index (χ1v) is 7.19. The molecule has 0 amide bonds. The zero-order valence-electron chi connectivity index (χ0n) is 8.08. The van der Waals surface area contributed by atoms with Gasteiger partial charge < -0.3 is 0 Å². The maximum atomic E-state index is 5.91. The quantitative estimate of drug-likeness (QED) is 0.597. The molecule has 0 radical (unpaired) electrons. The number of hydrogen-bond donors (Lipinski definition) is 0. The molecule has 4 heteroatoms. The van der Waals surface area contributed by atoms with Gasteiger partial charge in [0.05, 0.1) is 0 Å². The Morgan fingerprint density at radius 2 is 1.50 bits per heavy atom.